The van der Waals surface area contributed by atoms with Gasteiger partial charge < -0.3 is 14.2 Å². The van der Waals surface area contributed by atoms with Crippen LogP contribution in [0.4, 0.5) is 0 Å². The number of aromatic nitrogens is 2. The van der Waals surface area contributed by atoms with Gasteiger partial charge in [0.2, 0.25) is 0 Å². The van der Waals surface area contributed by atoms with E-state index in [4.69, 9.17) is 9.72 Å². The van der Waals surface area contributed by atoms with Gasteiger partial charge >= 0.3 is 0 Å². The first-order chi connectivity index (χ1) is 17.7. The zero-order valence-corrected chi connectivity index (χ0v) is 22.9. The van der Waals surface area contributed by atoms with Gasteiger partial charge in [0.05, 0.1) is 23.2 Å². The number of carbonyl (C=O) groups is 1. The Morgan fingerprint density at radius 1 is 0.973 bits per heavy atom. The van der Waals surface area contributed by atoms with Crippen LogP contribution in [0.15, 0.2) is 54.6 Å². The number of imidazole rings is 1. The largest absolute Gasteiger partial charge is 0.383 e. The number of nitrogens with zero attached hydrogens (tertiary/aromatic N) is 3. The minimum Gasteiger partial charge on any atom is -0.383 e. The third-order valence-corrected chi connectivity index (χ3v) is 8.02. The molecule has 1 atom stereocenters. The van der Waals surface area contributed by atoms with Crippen molar-refractivity contribution in [2.45, 2.75) is 59.5 Å². The minimum atomic E-state index is -0.514. The highest BCUT2D eigenvalue weighted by Gasteiger charge is 2.45. The molecule has 1 saturated heterocycles. The van der Waals surface area contributed by atoms with E-state index >= 15 is 0 Å². The molecule has 4 aromatic rings. The third-order valence-electron chi connectivity index (χ3n) is 8.02. The summed E-state index contributed by atoms with van der Waals surface area (Å²) in [7, 11) is 1.73. The predicted octanol–water partition coefficient (Wildman–Crippen LogP) is 6.73. The Hall–Kier alpha value is -3.44. The second kappa shape index (κ2) is 9.79. The molecule has 0 bridgehead atoms. The molecule has 2 heterocycles. The Morgan fingerprint density at radius 3 is 2.41 bits per heavy atom. The molecule has 0 N–H and O–H groups in total. The molecule has 1 fully saturated rings. The highest BCUT2D eigenvalue weighted by Crippen LogP contribution is 2.41. The first-order valence-corrected chi connectivity index (χ1v) is 13.2. The molecule has 5 heteroatoms. The van der Waals surface area contributed by atoms with E-state index in [1.807, 2.05) is 13.0 Å². The van der Waals surface area contributed by atoms with Crippen LogP contribution in [0.25, 0.3) is 22.2 Å². The monoisotopic (exact) mass is 495 g/mol. The lowest BCUT2D eigenvalue weighted by Crippen LogP contribution is -2.45. The van der Waals surface area contributed by atoms with Crippen LogP contribution in [0, 0.1) is 27.7 Å². The van der Waals surface area contributed by atoms with Crippen LogP contribution in [-0.4, -0.2) is 40.6 Å². The maximum absolute atomic E-state index is 14.4. The summed E-state index contributed by atoms with van der Waals surface area (Å²) in [5.41, 5.74) is 9.11. The highest BCUT2D eigenvalue weighted by molar-refractivity contribution is 6.01. The molecule has 37 heavy (non-hydrogen) atoms. The normalized spacial score (nSPS) is 17.6. The van der Waals surface area contributed by atoms with E-state index in [-0.39, 0.29) is 5.91 Å². The van der Waals surface area contributed by atoms with Crippen molar-refractivity contribution in [2.75, 3.05) is 20.3 Å². The number of aryl methyl sites for hydroxylation is 4. The number of methoxy groups -OCH3 is 1. The van der Waals surface area contributed by atoms with Crippen molar-refractivity contribution in [1.29, 1.82) is 0 Å². The second-order valence-electron chi connectivity index (χ2n) is 10.8. The number of likely N-dealkylation sites (tertiary alicyclic amines) is 1. The van der Waals surface area contributed by atoms with Crippen molar-refractivity contribution in [2.24, 2.45) is 0 Å². The van der Waals surface area contributed by atoms with Crippen molar-refractivity contribution >= 4 is 16.9 Å². The van der Waals surface area contributed by atoms with E-state index in [0.29, 0.717) is 19.7 Å². The first kappa shape index (κ1) is 25.2. The van der Waals surface area contributed by atoms with Gasteiger partial charge in [-0.2, -0.15) is 0 Å². The van der Waals surface area contributed by atoms with Crippen LogP contribution in [0.1, 0.15) is 58.2 Å². The molecule has 5 rings (SSSR count). The molecule has 0 unspecified atom stereocenters. The summed E-state index contributed by atoms with van der Waals surface area (Å²) in [5.74, 6) is 1.01. The standard InChI is InChI=1S/C32H37N3O2/c1-21-8-11-25(12-9-21)26-13-10-22(2)18-27(26)30(36)35-15-7-14-32(35,5)31-33-28-19-23(3)24(4)20-29(28)34(31)16-17-37-6/h8-13,18-20H,7,14-17H2,1-6H3/t32-/m0/s1. The lowest BCUT2D eigenvalue weighted by atomic mass is 9.93. The second-order valence-corrected chi connectivity index (χ2v) is 10.8. The summed E-state index contributed by atoms with van der Waals surface area (Å²) in [4.78, 5) is 21.6. The zero-order valence-electron chi connectivity index (χ0n) is 22.9. The van der Waals surface area contributed by atoms with Gasteiger partial charge in [0, 0.05) is 25.8 Å². The van der Waals surface area contributed by atoms with Crippen molar-refractivity contribution in [3.05, 3.63) is 88.2 Å². The van der Waals surface area contributed by atoms with Crippen molar-refractivity contribution < 1.29 is 9.53 Å². The van der Waals surface area contributed by atoms with Gasteiger partial charge in [-0.15, -0.1) is 0 Å². The fourth-order valence-corrected chi connectivity index (χ4v) is 5.69. The average Bonchev–Trinajstić information content (AvgIpc) is 3.44. The number of carbonyl (C=O) groups excluding carboxylic acids is 1. The maximum atomic E-state index is 14.4. The van der Waals surface area contributed by atoms with Crippen LogP contribution < -0.4 is 0 Å². The Morgan fingerprint density at radius 2 is 1.68 bits per heavy atom. The number of hydrogen-bond donors (Lipinski definition) is 0. The van der Waals surface area contributed by atoms with Crippen LogP contribution in [0.3, 0.4) is 0 Å². The molecule has 192 valence electrons. The van der Waals surface area contributed by atoms with E-state index in [0.717, 1.165) is 52.0 Å². The Bertz CT molecular complexity index is 1470. The molecule has 0 spiro atoms. The summed E-state index contributed by atoms with van der Waals surface area (Å²) < 4.78 is 7.74. The molecule has 5 nitrogen and oxygen atoms in total. The van der Waals surface area contributed by atoms with E-state index in [1.54, 1.807) is 7.11 Å². The predicted molar refractivity (Wildman–Crippen MR) is 150 cm³/mol. The topological polar surface area (TPSA) is 47.4 Å². The summed E-state index contributed by atoms with van der Waals surface area (Å²) in [6.07, 6.45) is 1.82. The number of fused-ring (bicyclic) bond motifs is 1. The SMILES string of the molecule is COCCn1c([C@]2(C)CCCN2C(=O)c2cc(C)ccc2-c2ccc(C)cc2)nc2cc(C)c(C)cc21. The maximum Gasteiger partial charge on any atom is 0.255 e. The smallest absolute Gasteiger partial charge is 0.255 e. The summed E-state index contributed by atoms with van der Waals surface area (Å²) >= 11 is 0. The number of amides is 1. The first-order valence-electron chi connectivity index (χ1n) is 13.2. The minimum absolute atomic E-state index is 0.0667. The number of benzene rings is 3. The molecule has 1 amide bonds. The van der Waals surface area contributed by atoms with E-state index in [2.05, 4.69) is 85.7 Å². The van der Waals surface area contributed by atoms with Crippen molar-refractivity contribution in [3.63, 3.8) is 0 Å². The molecule has 0 saturated carbocycles. The fraction of sp³-hybridized carbons (Fsp3) is 0.375. The van der Waals surface area contributed by atoms with E-state index in [1.165, 1.54) is 16.7 Å². The molecule has 0 aliphatic carbocycles. The molecular weight excluding hydrogens is 458 g/mol. The molecule has 0 radical (unpaired) electrons. The lowest BCUT2D eigenvalue weighted by Gasteiger charge is -2.35. The van der Waals surface area contributed by atoms with Gasteiger partial charge in [0.25, 0.3) is 5.91 Å². The van der Waals surface area contributed by atoms with Crippen LogP contribution in [-0.2, 0) is 16.8 Å². The summed E-state index contributed by atoms with van der Waals surface area (Å²) in [5, 5.41) is 0. The van der Waals surface area contributed by atoms with Gasteiger partial charge in [0.1, 0.15) is 5.82 Å². The van der Waals surface area contributed by atoms with Crippen LogP contribution >= 0.6 is 0 Å². The average molecular weight is 496 g/mol. The molecular formula is C32H37N3O2. The molecule has 1 aromatic heterocycles. The fourth-order valence-electron chi connectivity index (χ4n) is 5.69. The van der Waals surface area contributed by atoms with Gasteiger partial charge in [-0.25, -0.2) is 4.98 Å². The molecule has 1 aliphatic rings. The number of rotatable bonds is 6. The number of hydrogen-bond acceptors (Lipinski definition) is 3. The van der Waals surface area contributed by atoms with E-state index in [9.17, 15) is 4.79 Å². The Labute approximate surface area is 220 Å². The van der Waals surface area contributed by atoms with E-state index < -0.39 is 5.54 Å². The van der Waals surface area contributed by atoms with Crippen LogP contribution in [0.5, 0.6) is 0 Å². The van der Waals surface area contributed by atoms with Crippen LogP contribution in [0.2, 0.25) is 0 Å². The van der Waals surface area contributed by atoms with Gasteiger partial charge in [-0.05, 0) is 87.9 Å². The molecule has 1 aliphatic heterocycles. The Kier molecular flexibility index (Phi) is 6.67. The summed E-state index contributed by atoms with van der Waals surface area (Å²) in [6.45, 7) is 12.6. The van der Waals surface area contributed by atoms with Crippen molar-refractivity contribution in [1.82, 2.24) is 14.5 Å². The Balaban J connectivity index is 1.62. The zero-order chi connectivity index (χ0) is 26.3. The van der Waals surface area contributed by atoms with Gasteiger partial charge in [0.15, 0.2) is 0 Å². The quantitative estimate of drug-likeness (QED) is 0.298. The van der Waals surface area contributed by atoms with Gasteiger partial charge in [-0.1, -0.05) is 47.5 Å². The third kappa shape index (κ3) is 4.46. The lowest BCUT2D eigenvalue weighted by molar-refractivity contribution is 0.0596. The number of ether oxygens (including phenoxy) is 1. The summed E-state index contributed by atoms with van der Waals surface area (Å²) in [6, 6.07) is 19.0. The molecule has 3 aromatic carbocycles. The van der Waals surface area contributed by atoms with Crippen molar-refractivity contribution in [3.8, 4) is 11.1 Å². The highest BCUT2D eigenvalue weighted by atomic mass is 16.5. The van der Waals surface area contributed by atoms with Gasteiger partial charge in [-0.3, -0.25) is 4.79 Å².